The van der Waals surface area contributed by atoms with Crippen LogP contribution in [0.5, 0.6) is 0 Å². The smallest absolute Gasteiger partial charge is 0.224 e. The van der Waals surface area contributed by atoms with Crippen molar-refractivity contribution in [3.05, 3.63) is 42.5 Å². The van der Waals surface area contributed by atoms with Crippen LogP contribution in [-0.4, -0.2) is 5.91 Å². The van der Waals surface area contributed by atoms with Crippen molar-refractivity contribution >= 4 is 11.6 Å². The molecule has 76 valence electrons. The fourth-order valence-corrected chi connectivity index (χ4v) is 1.56. The first-order valence-corrected chi connectivity index (χ1v) is 5.09. The van der Waals surface area contributed by atoms with Crippen LogP contribution in [0.25, 0.3) is 11.1 Å². The van der Waals surface area contributed by atoms with Gasteiger partial charge in [-0.15, -0.1) is 0 Å². The van der Waals surface area contributed by atoms with Crippen LogP contribution in [0.3, 0.4) is 0 Å². The first-order chi connectivity index (χ1) is 7.31. The standard InChI is InChI=1S/C13H13NO/c1-2-13(15)14-12-9-8-10-6-4-3-5-7-11(10)12/h3-9H,2H2,1H3,(H,14,15). The fraction of sp³-hybridized carbons (Fsp3) is 0.154. The maximum absolute atomic E-state index is 11.3. The maximum Gasteiger partial charge on any atom is 0.224 e. The molecule has 0 unspecified atom stereocenters. The second-order valence-electron chi connectivity index (χ2n) is 3.43. The second kappa shape index (κ2) is 4.13. The molecule has 1 N–H and O–H groups in total. The maximum atomic E-state index is 11.3. The zero-order chi connectivity index (χ0) is 10.7. The molecule has 2 aliphatic rings. The summed E-state index contributed by atoms with van der Waals surface area (Å²) in [7, 11) is 0. The molecule has 2 nitrogen and oxygen atoms in total. The van der Waals surface area contributed by atoms with Crippen LogP contribution in [0.1, 0.15) is 13.3 Å². The Bertz CT molecular complexity index is 450. The van der Waals surface area contributed by atoms with Crippen LogP contribution in [0.2, 0.25) is 0 Å². The topological polar surface area (TPSA) is 29.1 Å². The summed E-state index contributed by atoms with van der Waals surface area (Å²) >= 11 is 0. The van der Waals surface area contributed by atoms with E-state index < -0.39 is 0 Å². The molecule has 0 saturated heterocycles. The summed E-state index contributed by atoms with van der Waals surface area (Å²) < 4.78 is 0. The lowest BCUT2D eigenvalue weighted by Gasteiger charge is -2.02. The Morgan fingerprint density at radius 1 is 1.13 bits per heavy atom. The number of hydrogen-bond donors (Lipinski definition) is 1. The van der Waals surface area contributed by atoms with E-state index in [4.69, 9.17) is 0 Å². The van der Waals surface area contributed by atoms with E-state index in [1.165, 1.54) is 0 Å². The number of carbonyl (C=O) groups is 1. The van der Waals surface area contributed by atoms with Crippen LogP contribution in [0, 0.1) is 0 Å². The molecule has 1 amide bonds. The van der Waals surface area contributed by atoms with Gasteiger partial charge in [-0.05, 0) is 11.6 Å². The Morgan fingerprint density at radius 2 is 1.93 bits per heavy atom. The Hall–Kier alpha value is -1.83. The number of nitrogens with one attached hydrogen (secondary N) is 1. The predicted molar refractivity (Wildman–Crippen MR) is 62.0 cm³/mol. The van der Waals surface area contributed by atoms with Crippen LogP contribution >= 0.6 is 0 Å². The van der Waals surface area contributed by atoms with Gasteiger partial charge >= 0.3 is 0 Å². The van der Waals surface area contributed by atoms with Gasteiger partial charge in [0.05, 0.1) is 0 Å². The van der Waals surface area contributed by atoms with E-state index in [0.717, 1.165) is 16.8 Å². The van der Waals surface area contributed by atoms with Gasteiger partial charge in [-0.3, -0.25) is 4.79 Å². The average molecular weight is 199 g/mol. The monoisotopic (exact) mass is 199 g/mol. The average Bonchev–Trinajstić information content (AvgIpc) is 2.50. The molecule has 0 aromatic rings. The highest BCUT2D eigenvalue weighted by Crippen LogP contribution is 2.30. The third-order valence-electron chi connectivity index (χ3n) is 2.39. The lowest BCUT2D eigenvalue weighted by Crippen LogP contribution is -2.08. The van der Waals surface area contributed by atoms with Crippen molar-refractivity contribution in [3.8, 4) is 11.1 Å². The highest BCUT2D eigenvalue weighted by Gasteiger charge is 2.08. The van der Waals surface area contributed by atoms with Gasteiger partial charge in [0.2, 0.25) is 5.91 Å². The minimum atomic E-state index is 0.0500. The minimum Gasteiger partial charge on any atom is -0.326 e. The van der Waals surface area contributed by atoms with E-state index in [0.29, 0.717) is 6.42 Å². The van der Waals surface area contributed by atoms with Crippen molar-refractivity contribution in [3.63, 3.8) is 0 Å². The van der Waals surface area contributed by atoms with Gasteiger partial charge in [-0.2, -0.15) is 0 Å². The zero-order valence-electron chi connectivity index (χ0n) is 8.66. The molecule has 2 aliphatic carbocycles. The number of amides is 1. The highest BCUT2D eigenvalue weighted by atomic mass is 16.1. The van der Waals surface area contributed by atoms with Crippen LogP contribution in [-0.2, 0) is 4.79 Å². The van der Waals surface area contributed by atoms with Crippen LogP contribution in [0.15, 0.2) is 42.5 Å². The summed E-state index contributed by atoms with van der Waals surface area (Å²) in [5, 5.41) is 2.89. The predicted octanol–water partition coefficient (Wildman–Crippen LogP) is 3.14. The first-order valence-electron chi connectivity index (χ1n) is 5.09. The second-order valence-corrected chi connectivity index (χ2v) is 3.43. The molecule has 0 aromatic carbocycles. The summed E-state index contributed by atoms with van der Waals surface area (Å²) in [5.74, 6) is 0.0500. The molecule has 0 atom stereocenters. The van der Waals surface area contributed by atoms with Gasteiger partial charge in [0, 0.05) is 17.7 Å². The molecule has 0 fully saturated rings. The summed E-state index contributed by atoms with van der Waals surface area (Å²) in [6, 6.07) is 14.0. The van der Waals surface area contributed by atoms with E-state index >= 15 is 0 Å². The van der Waals surface area contributed by atoms with Crippen LogP contribution in [0.4, 0.5) is 5.69 Å². The number of carbonyl (C=O) groups excluding carboxylic acids is 1. The van der Waals surface area contributed by atoms with Crippen LogP contribution < -0.4 is 5.32 Å². The quantitative estimate of drug-likeness (QED) is 0.791. The van der Waals surface area contributed by atoms with Crippen molar-refractivity contribution in [1.29, 1.82) is 0 Å². The lowest BCUT2D eigenvalue weighted by molar-refractivity contribution is -0.115. The number of anilines is 1. The van der Waals surface area contributed by atoms with Gasteiger partial charge in [0.25, 0.3) is 0 Å². The van der Waals surface area contributed by atoms with Gasteiger partial charge in [-0.1, -0.05) is 43.3 Å². The van der Waals surface area contributed by atoms with E-state index in [-0.39, 0.29) is 5.91 Å². The van der Waals surface area contributed by atoms with Gasteiger partial charge < -0.3 is 5.32 Å². The van der Waals surface area contributed by atoms with Crippen molar-refractivity contribution in [1.82, 2.24) is 0 Å². The molecule has 0 radical (unpaired) electrons. The van der Waals surface area contributed by atoms with E-state index in [1.54, 1.807) is 0 Å². The van der Waals surface area contributed by atoms with Gasteiger partial charge in [-0.25, -0.2) is 0 Å². The van der Waals surface area contributed by atoms with Gasteiger partial charge in [0.15, 0.2) is 0 Å². The molecule has 0 heterocycles. The number of rotatable bonds is 2. The molecule has 0 aliphatic heterocycles. The van der Waals surface area contributed by atoms with E-state index in [1.807, 2.05) is 49.4 Å². The largest absolute Gasteiger partial charge is 0.326 e. The van der Waals surface area contributed by atoms with E-state index in [2.05, 4.69) is 5.32 Å². The molecule has 0 saturated carbocycles. The normalized spacial score (nSPS) is 10.2. The molecule has 15 heavy (non-hydrogen) atoms. The Balaban J connectivity index is 2.36. The van der Waals surface area contributed by atoms with Crippen molar-refractivity contribution < 1.29 is 4.79 Å². The summed E-state index contributed by atoms with van der Waals surface area (Å²) in [4.78, 5) is 11.3. The Kier molecular flexibility index (Phi) is 2.68. The van der Waals surface area contributed by atoms with E-state index in [9.17, 15) is 4.79 Å². The van der Waals surface area contributed by atoms with Crippen molar-refractivity contribution in [2.75, 3.05) is 5.32 Å². The molecule has 2 rings (SSSR count). The Morgan fingerprint density at radius 3 is 2.73 bits per heavy atom. The number of hydrogen-bond acceptors (Lipinski definition) is 1. The van der Waals surface area contributed by atoms with Crippen molar-refractivity contribution in [2.24, 2.45) is 0 Å². The molecule has 0 aromatic heterocycles. The highest BCUT2D eigenvalue weighted by molar-refractivity contribution is 5.96. The SMILES string of the molecule is CCC(=O)Nc1ccc2cccccc1-2. The third kappa shape index (κ3) is 1.99. The van der Waals surface area contributed by atoms with Crippen molar-refractivity contribution in [2.45, 2.75) is 13.3 Å². The summed E-state index contributed by atoms with van der Waals surface area (Å²) in [6.45, 7) is 1.85. The fourth-order valence-electron chi connectivity index (χ4n) is 1.56. The molecular weight excluding hydrogens is 186 g/mol. The van der Waals surface area contributed by atoms with Gasteiger partial charge in [0.1, 0.15) is 0 Å². The molecule has 0 bridgehead atoms. The summed E-state index contributed by atoms with van der Waals surface area (Å²) in [6.07, 6.45) is 0.506. The summed E-state index contributed by atoms with van der Waals surface area (Å²) in [5.41, 5.74) is 3.13. The zero-order valence-corrected chi connectivity index (χ0v) is 8.66. The lowest BCUT2D eigenvalue weighted by atomic mass is 10.2. The first kappa shape index (κ1) is 9.71. The molecular formula is C13H13NO. The molecule has 0 spiro atoms. The Labute approximate surface area is 89.3 Å². The number of fused-ring (bicyclic) bond motifs is 1. The minimum absolute atomic E-state index is 0.0500. The third-order valence-corrected chi connectivity index (χ3v) is 2.39. The molecule has 2 heteroatoms.